The van der Waals surface area contributed by atoms with E-state index in [4.69, 9.17) is 0 Å². The topological polar surface area (TPSA) is 62.7 Å². The zero-order valence-corrected chi connectivity index (χ0v) is 16.1. The average Bonchev–Trinajstić information content (AvgIpc) is 2.53. The molecule has 0 fully saturated rings. The number of hydrogen-bond donors (Lipinski definition) is 2. The second-order valence-electron chi connectivity index (χ2n) is 4.91. The summed E-state index contributed by atoms with van der Waals surface area (Å²) in [4.78, 5) is 15.7. The second kappa shape index (κ2) is 12.1. The van der Waals surface area contributed by atoms with Crippen LogP contribution in [-0.2, 0) is 16.0 Å². The van der Waals surface area contributed by atoms with Gasteiger partial charge in [0.25, 0.3) is 0 Å². The predicted molar refractivity (Wildman–Crippen MR) is 101 cm³/mol. The maximum Gasteiger partial charge on any atom is 0.310 e. The number of ether oxygens (including phenoxy) is 1. The van der Waals surface area contributed by atoms with Gasteiger partial charge in [-0.1, -0.05) is 25.1 Å². The molecule has 1 unspecified atom stereocenters. The Morgan fingerprint density at radius 3 is 2.65 bits per heavy atom. The molecule has 1 aromatic rings. The van der Waals surface area contributed by atoms with Crippen molar-refractivity contribution in [1.82, 2.24) is 10.6 Å². The molecule has 5 nitrogen and oxygen atoms in total. The van der Waals surface area contributed by atoms with Gasteiger partial charge in [0.2, 0.25) is 0 Å². The summed E-state index contributed by atoms with van der Waals surface area (Å²) in [6.45, 7) is 5.31. The van der Waals surface area contributed by atoms with Crippen molar-refractivity contribution in [2.75, 3.05) is 26.7 Å². The molecule has 1 rings (SSSR count). The SMILES string of the molecule is CCNC(=NCC(C)C(=O)OC)NCCc1ccccc1F.I. The van der Waals surface area contributed by atoms with Gasteiger partial charge >= 0.3 is 5.97 Å². The minimum absolute atomic E-state index is 0. The van der Waals surface area contributed by atoms with Crippen molar-refractivity contribution >= 4 is 35.9 Å². The first-order valence-electron chi connectivity index (χ1n) is 7.41. The zero-order chi connectivity index (χ0) is 16.4. The van der Waals surface area contributed by atoms with Gasteiger partial charge in [-0.15, -0.1) is 24.0 Å². The summed E-state index contributed by atoms with van der Waals surface area (Å²) in [5, 5.41) is 6.22. The number of methoxy groups -OCH3 is 1. The molecule has 0 amide bonds. The van der Waals surface area contributed by atoms with Crippen molar-refractivity contribution in [3.63, 3.8) is 0 Å². The van der Waals surface area contributed by atoms with E-state index in [9.17, 15) is 9.18 Å². The molecule has 2 N–H and O–H groups in total. The zero-order valence-electron chi connectivity index (χ0n) is 13.8. The Morgan fingerprint density at radius 1 is 1.35 bits per heavy atom. The Hall–Kier alpha value is -1.38. The van der Waals surface area contributed by atoms with Crippen LogP contribution in [0.3, 0.4) is 0 Å². The Kier molecular flexibility index (Phi) is 11.4. The first kappa shape index (κ1) is 21.6. The molecule has 0 aliphatic carbocycles. The van der Waals surface area contributed by atoms with Gasteiger partial charge < -0.3 is 15.4 Å². The van der Waals surface area contributed by atoms with E-state index in [1.165, 1.54) is 13.2 Å². The molecular formula is C16H25FIN3O2. The van der Waals surface area contributed by atoms with Crippen LogP contribution >= 0.6 is 24.0 Å². The summed E-state index contributed by atoms with van der Waals surface area (Å²) in [5.74, 6) is -0.182. The molecule has 23 heavy (non-hydrogen) atoms. The lowest BCUT2D eigenvalue weighted by atomic mass is 10.1. The molecule has 0 radical (unpaired) electrons. The molecule has 130 valence electrons. The number of esters is 1. The van der Waals surface area contributed by atoms with Crippen LogP contribution in [0.5, 0.6) is 0 Å². The average molecular weight is 437 g/mol. The Labute approximate surface area is 154 Å². The van der Waals surface area contributed by atoms with E-state index in [0.717, 1.165) is 0 Å². The van der Waals surface area contributed by atoms with E-state index in [1.807, 2.05) is 13.0 Å². The molecule has 0 aliphatic heterocycles. The quantitative estimate of drug-likeness (QED) is 0.298. The van der Waals surface area contributed by atoms with Gasteiger partial charge in [0, 0.05) is 13.1 Å². The summed E-state index contributed by atoms with van der Waals surface area (Å²) in [7, 11) is 1.36. The number of nitrogens with zero attached hydrogens (tertiary/aromatic N) is 1. The van der Waals surface area contributed by atoms with Crippen molar-refractivity contribution in [3.05, 3.63) is 35.6 Å². The number of hydrogen-bond acceptors (Lipinski definition) is 3. The van der Waals surface area contributed by atoms with Crippen LogP contribution in [0.25, 0.3) is 0 Å². The van der Waals surface area contributed by atoms with Gasteiger partial charge in [-0.05, 0) is 25.0 Å². The van der Waals surface area contributed by atoms with E-state index >= 15 is 0 Å². The maximum absolute atomic E-state index is 13.5. The molecule has 0 saturated carbocycles. The van der Waals surface area contributed by atoms with Crippen molar-refractivity contribution < 1.29 is 13.9 Å². The molecule has 0 bridgehead atoms. The molecule has 7 heteroatoms. The number of rotatable bonds is 7. The van der Waals surface area contributed by atoms with E-state index in [2.05, 4.69) is 20.4 Å². The highest BCUT2D eigenvalue weighted by Gasteiger charge is 2.12. The van der Waals surface area contributed by atoms with Crippen molar-refractivity contribution in [1.29, 1.82) is 0 Å². The first-order chi connectivity index (χ1) is 10.6. The lowest BCUT2D eigenvalue weighted by molar-refractivity contribution is -0.144. The largest absolute Gasteiger partial charge is 0.469 e. The van der Waals surface area contributed by atoms with Gasteiger partial charge in [0.1, 0.15) is 5.82 Å². The number of benzene rings is 1. The monoisotopic (exact) mass is 437 g/mol. The molecule has 0 aliphatic rings. The van der Waals surface area contributed by atoms with Crippen LogP contribution in [-0.4, -0.2) is 38.7 Å². The Bertz CT molecular complexity index is 512. The lowest BCUT2D eigenvalue weighted by Gasteiger charge is -2.13. The number of nitrogens with one attached hydrogen (secondary N) is 2. The fraction of sp³-hybridized carbons (Fsp3) is 0.500. The minimum atomic E-state index is -0.299. The van der Waals surface area contributed by atoms with Crippen LogP contribution in [0, 0.1) is 11.7 Å². The summed E-state index contributed by atoms with van der Waals surface area (Å²) in [5.41, 5.74) is 0.661. The van der Waals surface area contributed by atoms with Gasteiger partial charge in [0.15, 0.2) is 5.96 Å². The molecular weight excluding hydrogens is 412 g/mol. The van der Waals surface area contributed by atoms with E-state index < -0.39 is 0 Å². The van der Waals surface area contributed by atoms with Crippen LogP contribution in [0.4, 0.5) is 4.39 Å². The fourth-order valence-electron chi connectivity index (χ4n) is 1.86. The first-order valence-corrected chi connectivity index (χ1v) is 7.41. The molecule has 0 spiro atoms. The molecule has 1 atom stereocenters. The molecule has 0 saturated heterocycles. The van der Waals surface area contributed by atoms with Crippen LogP contribution < -0.4 is 10.6 Å². The molecule has 1 aromatic carbocycles. The lowest BCUT2D eigenvalue weighted by Crippen LogP contribution is -2.39. The number of carbonyl (C=O) groups excluding carboxylic acids is 1. The highest BCUT2D eigenvalue weighted by Crippen LogP contribution is 2.06. The van der Waals surface area contributed by atoms with Crippen LogP contribution in [0.2, 0.25) is 0 Å². The van der Waals surface area contributed by atoms with Crippen molar-refractivity contribution in [3.8, 4) is 0 Å². The third-order valence-electron chi connectivity index (χ3n) is 3.12. The van der Waals surface area contributed by atoms with Gasteiger partial charge in [0.05, 0.1) is 19.6 Å². The normalized spacial score (nSPS) is 12.1. The van der Waals surface area contributed by atoms with Crippen LogP contribution in [0.1, 0.15) is 19.4 Å². The van der Waals surface area contributed by atoms with Gasteiger partial charge in [-0.2, -0.15) is 0 Å². The highest BCUT2D eigenvalue weighted by atomic mass is 127. The predicted octanol–water partition coefficient (Wildman–Crippen LogP) is 2.35. The van der Waals surface area contributed by atoms with Crippen molar-refractivity contribution in [2.24, 2.45) is 10.9 Å². The number of halogens is 2. The van der Waals surface area contributed by atoms with Gasteiger partial charge in [-0.3, -0.25) is 9.79 Å². The number of aliphatic imine (C=N–C) groups is 1. The third-order valence-corrected chi connectivity index (χ3v) is 3.12. The number of guanidine groups is 1. The summed E-state index contributed by atoms with van der Waals surface area (Å²) in [6.07, 6.45) is 0.559. The summed E-state index contributed by atoms with van der Waals surface area (Å²) in [6, 6.07) is 6.70. The van der Waals surface area contributed by atoms with Gasteiger partial charge in [-0.25, -0.2) is 4.39 Å². The van der Waals surface area contributed by atoms with E-state index in [0.29, 0.717) is 37.6 Å². The third kappa shape index (κ3) is 8.15. The van der Waals surface area contributed by atoms with E-state index in [1.54, 1.807) is 19.1 Å². The van der Waals surface area contributed by atoms with Crippen molar-refractivity contribution in [2.45, 2.75) is 20.3 Å². The summed E-state index contributed by atoms with van der Waals surface area (Å²) < 4.78 is 18.2. The highest BCUT2D eigenvalue weighted by molar-refractivity contribution is 14.0. The minimum Gasteiger partial charge on any atom is -0.469 e. The summed E-state index contributed by atoms with van der Waals surface area (Å²) >= 11 is 0. The molecule has 0 aromatic heterocycles. The Balaban J connectivity index is 0.00000484. The fourth-order valence-corrected chi connectivity index (χ4v) is 1.86. The Morgan fingerprint density at radius 2 is 2.04 bits per heavy atom. The maximum atomic E-state index is 13.5. The molecule has 0 heterocycles. The standard InChI is InChI=1S/C16H24FN3O2.HI/c1-4-18-16(20-11-12(2)15(21)22-3)19-10-9-13-7-5-6-8-14(13)17;/h5-8,12H,4,9-11H2,1-3H3,(H2,18,19,20);1H. The van der Waals surface area contributed by atoms with E-state index in [-0.39, 0.29) is 41.7 Å². The number of carbonyl (C=O) groups is 1. The second-order valence-corrected chi connectivity index (χ2v) is 4.91. The smallest absolute Gasteiger partial charge is 0.310 e. The van der Waals surface area contributed by atoms with Crippen LogP contribution in [0.15, 0.2) is 29.3 Å².